The van der Waals surface area contributed by atoms with Gasteiger partial charge < -0.3 is 19.7 Å². The Morgan fingerprint density at radius 2 is 1.93 bits per heavy atom. The monoisotopic (exact) mass is 396 g/mol. The maximum Gasteiger partial charge on any atom is 0.302 e. The van der Waals surface area contributed by atoms with Crippen LogP contribution in [-0.2, 0) is 23.9 Å². The molecular formula is C21H32O7. The van der Waals surface area contributed by atoms with E-state index in [-0.39, 0.29) is 42.8 Å². The Balaban J connectivity index is 2.99. The Hall–Kier alpha value is -1.83. The summed E-state index contributed by atoms with van der Waals surface area (Å²) in [7, 11) is 0. The summed E-state index contributed by atoms with van der Waals surface area (Å²) < 4.78 is 10.7. The number of ether oxygens (including phenoxy) is 2. The predicted molar refractivity (Wildman–Crippen MR) is 103 cm³/mol. The van der Waals surface area contributed by atoms with E-state index in [9.17, 15) is 24.6 Å². The van der Waals surface area contributed by atoms with Crippen LogP contribution in [0.1, 0.15) is 47.5 Å². The SMILES string of the molecule is C=C(C(=O)[C@H](COC(C)=O)[C@H](O)[C@]1(C)OC1[C@@H](C)/C=C\C)[C@@H](O)CC(=O)CC. The highest BCUT2D eigenvalue weighted by atomic mass is 16.6. The van der Waals surface area contributed by atoms with E-state index in [2.05, 4.69) is 6.58 Å². The first kappa shape index (κ1) is 24.2. The molecule has 0 aliphatic carbocycles. The van der Waals surface area contributed by atoms with Gasteiger partial charge in [0.1, 0.15) is 18.0 Å². The maximum absolute atomic E-state index is 12.9. The number of carbonyl (C=O) groups excluding carboxylic acids is 3. The van der Waals surface area contributed by atoms with Crippen LogP contribution < -0.4 is 0 Å². The molecule has 0 amide bonds. The molecule has 6 atom stereocenters. The van der Waals surface area contributed by atoms with Crippen LogP contribution >= 0.6 is 0 Å². The third-order valence-corrected chi connectivity index (χ3v) is 5.17. The number of aliphatic hydroxyl groups excluding tert-OH is 2. The van der Waals surface area contributed by atoms with Gasteiger partial charge in [-0.25, -0.2) is 0 Å². The molecule has 0 aromatic carbocycles. The molecule has 0 bridgehead atoms. The van der Waals surface area contributed by atoms with Gasteiger partial charge in [0.05, 0.1) is 24.2 Å². The summed E-state index contributed by atoms with van der Waals surface area (Å²) in [6.45, 7) is 11.6. The van der Waals surface area contributed by atoms with Crippen LogP contribution in [0.3, 0.4) is 0 Å². The van der Waals surface area contributed by atoms with Crippen molar-refractivity contribution >= 4 is 17.5 Å². The third-order valence-electron chi connectivity index (χ3n) is 5.17. The second-order valence-corrected chi connectivity index (χ2v) is 7.46. The number of hydrogen-bond donors (Lipinski definition) is 2. The minimum Gasteiger partial charge on any atom is -0.465 e. The number of Topliss-reactive ketones (excluding diaryl/α,β-unsaturated/α-hetero) is 2. The van der Waals surface area contributed by atoms with Crippen molar-refractivity contribution < 1.29 is 34.1 Å². The summed E-state index contributed by atoms with van der Waals surface area (Å²) in [5.41, 5.74) is -1.19. The van der Waals surface area contributed by atoms with Crippen molar-refractivity contribution in [3.8, 4) is 0 Å². The van der Waals surface area contributed by atoms with Gasteiger partial charge in [0.15, 0.2) is 5.78 Å². The molecular weight excluding hydrogens is 364 g/mol. The van der Waals surface area contributed by atoms with Crippen molar-refractivity contribution in [3.05, 3.63) is 24.3 Å². The zero-order valence-corrected chi connectivity index (χ0v) is 17.3. The van der Waals surface area contributed by atoms with Crippen molar-refractivity contribution in [2.24, 2.45) is 11.8 Å². The van der Waals surface area contributed by atoms with Crippen LogP contribution in [0.4, 0.5) is 0 Å². The van der Waals surface area contributed by atoms with Gasteiger partial charge in [-0.2, -0.15) is 0 Å². The van der Waals surface area contributed by atoms with E-state index in [1.54, 1.807) is 13.8 Å². The van der Waals surface area contributed by atoms with Crippen molar-refractivity contribution in [3.63, 3.8) is 0 Å². The van der Waals surface area contributed by atoms with E-state index in [4.69, 9.17) is 9.47 Å². The first-order chi connectivity index (χ1) is 13.0. The number of esters is 1. The molecule has 2 N–H and O–H groups in total. The van der Waals surface area contributed by atoms with E-state index in [1.807, 2.05) is 26.0 Å². The van der Waals surface area contributed by atoms with Gasteiger partial charge in [-0.1, -0.05) is 32.6 Å². The number of hydrogen-bond acceptors (Lipinski definition) is 7. The lowest BCUT2D eigenvalue weighted by atomic mass is 9.81. The Morgan fingerprint density at radius 3 is 2.43 bits per heavy atom. The molecule has 1 fully saturated rings. The van der Waals surface area contributed by atoms with E-state index in [1.165, 1.54) is 6.92 Å². The summed E-state index contributed by atoms with van der Waals surface area (Å²) in [6.07, 6.45) is 0.890. The highest BCUT2D eigenvalue weighted by Gasteiger charge is 2.61. The van der Waals surface area contributed by atoms with Gasteiger partial charge in [-0.05, 0) is 13.8 Å². The first-order valence-electron chi connectivity index (χ1n) is 9.54. The van der Waals surface area contributed by atoms with Crippen LogP contribution in [0.15, 0.2) is 24.3 Å². The van der Waals surface area contributed by atoms with Gasteiger partial charge in [-0.3, -0.25) is 14.4 Å². The average molecular weight is 396 g/mol. The summed E-state index contributed by atoms with van der Waals surface area (Å²) in [4.78, 5) is 35.7. The second-order valence-electron chi connectivity index (χ2n) is 7.46. The summed E-state index contributed by atoms with van der Waals surface area (Å²) in [6, 6.07) is 0. The quantitative estimate of drug-likeness (QED) is 0.224. The second kappa shape index (κ2) is 10.1. The fourth-order valence-corrected chi connectivity index (χ4v) is 3.31. The predicted octanol–water partition coefficient (Wildman–Crippen LogP) is 1.75. The van der Waals surface area contributed by atoms with Crippen LogP contribution in [0.2, 0.25) is 0 Å². The third kappa shape index (κ3) is 5.83. The number of ketones is 2. The number of aliphatic hydroxyl groups is 2. The van der Waals surface area contributed by atoms with E-state index >= 15 is 0 Å². The highest BCUT2D eigenvalue weighted by molar-refractivity contribution is 5.99. The van der Waals surface area contributed by atoms with Gasteiger partial charge in [0.25, 0.3) is 0 Å². The Kier molecular flexibility index (Phi) is 8.73. The molecule has 0 aromatic rings. The van der Waals surface area contributed by atoms with Gasteiger partial charge in [0, 0.05) is 31.3 Å². The lowest BCUT2D eigenvalue weighted by molar-refractivity contribution is -0.146. The molecule has 0 aromatic heterocycles. The van der Waals surface area contributed by atoms with E-state index in [0.717, 1.165) is 0 Å². The topological polar surface area (TPSA) is 113 Å². The number of rotatable bonds is 12. The highest BCUT2D eigenvalue weighted by Crippen LogP contribution is 2.46. The Morgan fingerprint density at radius 1 is 1.32 bits per heavy atom. The smallest absolute Gasteiger partial charge is 0.302 e. The van der Waals surface area contributed by atoms with Crippen molar-refractivity contribution in [2.75, 3.05) is 6.61 Å². The number of epoxide rings is 1. The first-order valence-corrected chi connectivity index (χ1v) is 9.54. The van der Waals surface area contributed by atoms with Gasteiger partial charge in [-0.15, -0.1) is 0 Å². The lowest BCUT2D eigenvalue weighted by Crippen LogP contribution is -2.44. The Labute approximate surface area is 166 Å². The average Bonchev–Trinajstić information content (AvgIpc) is 3.33. The number of carbonyl (C=O) groups is 3. The molecule has 158 valence electrons. The molecule has 1 aliphatic rings. The van der Waals surface area contributed by atoms with E-state index in [0.29, 0.717) is 0 Å². The summed E-state index contributed by atoms with van der Waals surface area (Å²) in [5, 5.41) is 21.0. The van der Waals surface area contributed by atoms with Crippen molar-refractivity contribution in [1.82, 2.24) is 0 Å². The van der Waals surface area contributed by atoms with Crippen LogP contribution in [0, 0.1) is 11.8 Å². The lowest BCUT2D eigenvalue weighted by Gasteiger charge is -2.27. The van der Waals surface area contributed by atoms with Gasteiger partial charge >= 0.3 is 5.97 Å². The standard InChI is InChI=1S/C21H32O7/c1-7-9-12(3)20-21(6,28-20)19(26)16(11-27-14(5)22)18(25)13(4)17(24)10-15(23)8-2/h7,9,12,16-17,19-20,24,26H,4,8,10-11H2,1-3,5-6H3/b9-7-/t12-,16-,17-,19-,20?,21-/m0/s1. The largest absolute Gasteiger partial charge is 0.465 e. The summed E-state index contributed by atoms with van der Waals surface area (Å²) >= 11 is 0. The normalized spacial score (nSPS) is 25.6. The molecule has 1 saturated heterocycles. The molecule has 7 nitrogen and oxygen atoms in total. The minimum atomic E-state index is -1.35. The zero-order chi connectivity index (χ0) is 21.6. The maximum atomic E-state index is 12.9. The molecule has 7 heteroatoms. The van der Waals surface area contributed by atoms with Crippen molar-refractivity contribution in [1.29, 1.82) is 0 Å². The summed E-state index contributed by atoms with van der Waals surface area (Å²) in [5.74, 6) is -2.60. The molecule has 0 radical (unpaired) electrons. The molecule has 1 heterocycles. The fourth-order valence-electron chi connectivity index (χ4n) is 3.31. The minimum absolute atomic E-state index is 0.0186. The molecule has 1 aliphatic heterocycles. The van der Waals surface area contributed by atoms with Gasteiger partial charge in [0.2, 0.25) is 0 Å². The van der Waals surface area contributed by atoms with Crippen LogP contribution in [0.25, 0.3) is 0 Å². The molecule has 0 spiro atoms. The fraction of sp³-hybridized carbons (Fsp3) is 0.667. The van der Waals surface area contributed by atoms with E-state index < -0.39 is 35.5 Å². The number of allylic oxidation sites excluding steroid dienone is 1. The van der Waals surface area contributed by atoms with Crippen LogP contribution in [-0.4, -0.2) is 58.3 Å². The molecule has 1 unspecified atom stereocenters. The molecule has 28 heavy (non-hydrogen) atoms. The van der Waals surface area contributed by atoms with Crippen LogP contribution in [0.5, 0.6) is 0 Å². The van der Waals surface area contributed by atoms with Crippen molar-refractivity contribution in [2.45, 2.75) is 71.4 Å². The Bertz CT molecular complexity index is 639. The zero-order valence-electron chi connectivity index (χ0n) is 17.3. The molecule has 0 saturated carbocycles. The molecule has 1 rings (SSSR count).